The van der Waals surface area contributed by atoms with Gasteiger partial charge < -0.3 is 15.5 Å². The Hall–Kier alpha value is -4.04. The quantitative estimate of drug-likeness (QED) is 0.165. The number of rotatable bonds is 9. The molecule has 5 heteroatoms. The van der Waals surface area contributed by atoms with Crippen LogP contribution in [0.3, 0.4) is 0 Å². The van der Waals surface area contributed by atoms with Gasteiger partial charge in [0, 0.05) is 42.0 Å². The number of hydrogen-bond acceptors (Lipinski definition) is 3. The van der Waals surface area contributed by atoms with Gasteiger partial charge in [0.1, 0.15) is 5.84 Å². The van der Waals surface area contributed by atoms with Crippen molar-refractivity contribution >= 4 is 17.4 Å². The molecule has 1 amide bonds. The molecule has 0 saturated carbocycles. The minimum atomic E-state index is 0.0180. The number of anilines is 1. The third-order valence-corrected chi connectivity index (χ3v) is 6.16. The Morgan fingerprint density at radius 2 is 1.89 bits per heavy atom. The molecule has 0 spiro atoms. The third-order valence-electron chi connectivity index (χ3n) is 6.16. The molecule has 186 valence electrons. The van der Waals surface area contributed by atoms with Gasteiger partial charge in [-0.3, -0.25) is 10.2 Å². The van der Waals surface area contributed by atoms with Crippen LogP contribution in [0.25, 0.3) is 0 Å². The Balaban J connectivity index is 1.81. The fourth-order valence-corrected chi connectivity index (χ4v) is 4.12. The lowest BCUT2D eigenvalue weighted by Gasteiger charge is -2.23. The summed E-state index contributed by atoms with van der Waals surface area (Å²) < 4.78 is 0. The molecule has 0 aliphatic carbocycles. The van der Waals surface area contributed by atoms with E-state index in [1.807, 2.05) is 60.4 Å². The number of carbonyl (C=O) groups is 1. The molecule has 0 unspecified atom stereocenters. The first-order valence-corrected chi connectivity index (χ1v) is 12.5. The van der Waals surface area contributed by atoms with Crippen molar-refractivity contribution < 1.29 is 4.79 Å². The first kappa shape index (κ1) is 26.6. The van der Waals surface area contributed by atoms with Crippen LogP contribution in [0.15, 0.2) is 90.0 Å². The van der Waals surface area contributed by atoms with Gasteiger partial charge in [-0.25, -0.2) is 0 Å². The highest BCUT2D eigenvalue weighted by Crippen LogP contribution is 2.20. The molecule has 2 aromatic rings. The normalized spacial score (nSPS) is 13.7. The van der Waals surface area contributed by atoms with Crippen LogP contribution in [0.1, 0.15) is 44.2 Å². The topological polar surface area (TPSA) is 73.4 Å². The van der Waals surface area contributed by atoms with Crippen molar-refractivity contribution in [1.82, 2.24) is 4.90 Å². The molecule has 0 radical (unpaired) electrons. The second-order valence-electron chi connectivity index (χ2n) is 8.98. The molecule has 3 rings (SSSR count). The number of likely N-dealkylation sites (tertiary alicyclic amines) is 1. The second-order valence-corrected chi connectivity index (χ2v) is 8.98. The summed E-state index contributed by atoms with van der Waals surface area (Å²) in [5.74, 6) is 6.68. The highest BCUT2D eigenvalue weighted by atomic mass is 16.2. The first-order chi connectivity index (χ1) is 17.4. The van der Waals surface area contributed by atoms with Gasteiger partial charge in [0.25, 0.3) is 5.91 Å². The largest absolute Gasteiger partial charge is 0.384 e. The zero-order valence-corrected chi connectivity index (χ0v) is 21.4. The minimum absolute atomic E-state index is 0.0180. The fraction of sp³-hybridized carbons (Fsp3) is 0.290. The summed E-state index contributed by atoms with van der Waals surface area (Å²) in [6.45, 7) is 10.9. The average molecular weight is 481 g/mol. The van der Waals surface area contributed by atoms with E-state index in [1.54, 1.807) is 0 Å². The maximum Gasteiger partial charge on any atom is 0.253 e. The smallest absolute Gasteiger partial charge is 0.253 e. The first-order valence-electron chi connectivity index (χ1n) is 12.5. The number of carbonyl (C=O) groups excluding carboxylic acids is 1. The number of nitrogens with two attached hydrogens (primary N) is 1. The maximum atomic E-state index is 12.7. The summed E-state index contributed by atoms with van der Waals surface area (Å²) in [5.41, 5.74) is 10.8. The molecule has 1 heterocycles. The number of nitrogen functional groups attached to an aromatic ring is 1. The molecular formula is C31H36N4O. The van der Waals surface area contributed by atoms with E-state index in [0.29, 0.717) is 24.2 Å². The standard InChI is InChI=1S/C31H36N4O/c1-4-12-26(21-24(2)25(3)31(36)34-18-8-9-19-34)15-11-20-35(23-27-13-6-5-7-14-27)29-17-10-16-28(22-29)30(32)33/h5-7,10,12-14,16-17,21-22H,3-4,8-9,18-20,23H2,1-2H3,(H3,32,33)/b24-21-,26-12-. The van der Waals surface area contributed by atoms with Crippen LogP contribution < -0.4 is 10.6 Å². The Morgan fingerprint density at radius 1 is 1.17 bits per heavy atom. The van der Waals surface area contributed by atoms with Crippen LogP contribution in [-0.2, 0) is 11.3 Å². The van der Waals surface area contributed by atoms with Crippen LogP contribution in [0.2, 0.25) is 0 Å². The highest BCUT2D eigenvalue weighted by molar-refractivity contribution is 5.97. The summed E-state index contributed by atoms with van der Waals surface area (Å²) in [6, 6.07) is 17.9. The Morgan fingerprint density at radius 3 is 2.56 bits per heavy atom. The molecule has 36 heavy (non-hydrogen) atoms. The van der Waals surface area contributed by atoms with Gasteiger partial charge in [-0.1, -0.05) is 73.9 Å². The molecule has 2 aromatic carbocycles. The van der Waals surface area contributed by atoms with Crippen molar-refractivity contribution in [3.63, 3.8) is 0 Å². The van der Waals surface area contributed by atoms with Crippen LogP contribution >= 0.6 is 0 Å². The lowest BCUT2D eigenvalue weighted by molar-refractivity contribution is -0.125. The van der Waals surface area contributed by atoms with Gasteiger partial charge in [0.05, 0.1) is 6.54 Å². The molecule has 1 aliphatic heterocycles. The van der Waals surface area contributed by atoms with E-state index in [4.69, 9.17) is 11.1 Å². The number of amidine groups is 1. The van der Waals surface area contributed by atoms with Gasteiger partial charge in [-0.2, -0.15) is 0 Å². The van der Waals surface area contributed by atoms with Crippen LogP contribution in [0.4, 0.5) is 5.69 Å². The van der Waals surface area contributed by atoms with Crippen LogP contribution in [0.5, 0.6) is 0 Å². The Labute approximate surface area is 215 Å². The Kier molecular flexibility index (Phi) is 9.71. The fourth-order valence-electron chi connectivity index (χ4n) is 4.12. The van der Waals surface area contributed by atoms with E-state index in [2.05, 4.69) is 48.5 Å². The van der Waals surface area contributed by atoms with Crippen LogP contribution in [-0.4, -0.2) is 36.3 Å². The zero-order valence-electron chi connectivity index (χ0n) is 21.4. The molecule has 1 saturated heterocycles. The zero-order chi connectivity index (χ0) is 25.9. The second kappa shape index (κ2) is 13.2. The van der Waals surface area contributed by atoms with Gasteiger partial charge in [0.15, 0.2) is 0 Å². The number of benzene rings is 2. The van der Waals surface area contributed by atoms with E-state index in [1.165, 1.54) is 5.56 Å². The van der Waals surface area contributed by atoms with Crippen LogP contribution in [0, 0.1) is 17.3 Å². The third kappa shape index (κ3) is 7.48. The average Bonchev–Trinajstić information content (AvgIpc) is 3.43. The van der Waals surface area contributed by atoms with Crippen molar-refractivity contribution in [2.45, 2.75) is 39.7 Å². The van der Waals surface area contributed by atoms with E-state index < -0.39 is 0 Å². The molecule has 3 N–H and O–H groups in total. The lowest BCUT2D eigenvalue weighted by atomic mass is 10.0. The van der Waals surface area contributed by atoms with E-state index in [-0.39, 0.29) is 11.7 Å². The van der Waals surface area contributed by atoms with Crippen molar-refractivity contribution in [3.8, 4) is 11.8 Å². The predicted octanol–water partition coefficient (Wildman–Crippen LogP) is 5.44. The molecule has 5 nitrogen and oxygen atoms in total. The summed E-state index contributed by atoms with van der Waals surface area (Å²) in [4.78, 5) is 16.8. The van der Waals surface area contributed by atoms with E-state index in [9.17, 15) is 4.79 Å². The number of nitrogens with zero attached hydrogens (tertiary/aromatic N) is 2. The minimum Gasteiger partial charge on any atom is -0.384 e. The Bertz CT molecular complexity index is 1210. The monoisotopic (exact) mass is 480 g/mol. The molecule has 0 aromatic heterocycles. The van der Waals surface area contributed by atoms with Crippen molar-refractivity contribution in [1.29, 1.82) is 5.41 Å². The summed E-state index contributed by atoms with van der Waals surface area (Å²) >= 11 is 0. The predicted molar refractivity (Wildman–Crippen MR) is 150 cm³/mol. The maximum absolute atomic E-state index is 12.7. The van der Waals surface area contributed by atoms with E-state index >= 15 is 0 Å². The van der Waals surface area contributed by atoms with Gasteiger partial charge in [-0.05, 0) is 55.5 Å². The number of hydrogen-bond donors (Lipinski definition) is 2. The van der Waals surface area contributed by atoms with Crippen molar-refractivity contribution in [3.05, 3.63) is 101 Å². The van der Waals surface area contributed by atoms with Gasteiger partial charge in [0.2, 0.25) is 0 Å². The summed E-state index contributed by atoms with van der Waals surface area (Å²) in [5, 5.41) is 7.80. The number of amides is 1. The molecular weight excluding hydrogens is 444 g/mol. The molecule has 0 atom stereocenters. The highest BCUT2D eigenvalue weighted by Gasteiger charge is 2.20. The SMILES string of the molecule is C=C(C(=O)N1CCCC1)/C(C)=C\C(C#CCN(Cc1ccccc1)c1cccc(C(=N)N)c1)=C/CC. The van der Waals surface area contributed by atoms with Crippen molar-refractivity contribution in [2.24, 2.45) is 5.73 Å². The molecule has 1 aliphatic rings. The molecule has 0 bridgehead atoms. The van der Waals surface area contributed by atoms with E-state index in [0.717, 1.165) is 49.2 Å². The summed E-state index contributed by atoms with van der Waals surface area (Å²) in [7, 11) is 0. The van der Waals surface area contributed by atoms with Gasteiger partial charge in [-0.15, -0.1) is 0 Å². The summed E-state index contributed by atoms with van der Waals surface area (Å²) in [6.07, 6.45) is 6.99. The number of allylic oxidation sites excluding steroid dienone is 3. The molecule has 1 fully saturated rings. The number of nitrogens with one attached hydrogen (secondary N) is 1. The lowest BCUT2D eigenvalue weighted by Crippen LogP contribution is -2.29. The van der Waals surface area contributed by atoms with Crippen molar-refractivity contribution in [2.75, 3.05) is 24.5 Å². The van der Waals surface area contributed by atoms with Gasteiger partial charge >= 0.3 is 0 Å².